The molecule has 2 heteroatoms. The van der Waals surface area contributed by atoms with Crippen LogP contribution in [0.3, 0.4) is 0 Å². The van der Waals surface area contributed by atoms with Crippen LogP contribution in [0.4, 0.5) is 11.4 Å². The molecule has 0 aromatic heterocycles. The molecule has 0 unspecified atom stereocenters. The van der Waals surface area contributed by atoms with Gasteiger partial charge in [-0.2, -0.15) is 0 Å². The maximum atomic E-state index is 6.02. The maximum Gasteiger partial charge on any atom is 0.0420 e. The summed E-state index contributed by atoms with van der Waals surface area (Å²) in [5, 5.41) is 0. The van der Waals surface area contributed by atoms with Crippen molar-refractivity contribution in [1.29, 1.82) is 0 Å². The molecular formula is C16H26N2. The molecule has 0 spiro atoms. The number of nitrogens with two attached hydrogens (primary N) is 1. The second kappa shape index (κ2) is 6.67. The van der Waals surface area contributed by atoms with Crippen LogP contribution in [0.5, 0.6) is 0 Å². The standard InChI is InChI=1S/C16H26N2/c1-2-3-4-5-6-7-12-18-13-11-14-15(17)9-8-10-16(14)18/h8-10H,2-7,11-13,17H2,1H3. The van der Waals surface area contributed by atoms with Crippen LogP contribution in [0.25, 0.3) is 0 Å². The Kier molecular flexibility index (Phi) is 4.91. The van der Waals surface area contributed by atoms with Crippen molar-refractivity contribution in [1.82, 2.24) is 0 Å². The van der Waals surface area contributed by atoms with Gasteiger partial charge in [0.2, 0.25) is 0 Å². The molecule has 100 valence electrons. The van der Waals surface area contributed by atoms with Crippen LogP contribution in [-0.2, 0) is 6.42 Å². The summed E-state index contributed by atoms with van der Waals surface area (Å²) in [7, 11) is 0. The highest BCUT2D eigenvalue weighted by atomic mass is 15.1. The molecule has 1 aromatic carbocycles. The van der Waals surface area contributed by atoms with Crippen LogP contribution >= 0.6 is 0 Å². The lowest BCUT2D eigenvalue weighted by atomic mass is 10.1. The first kappa shape index (κ1) is 13.3. The highest BCUT2D eigenvalue weighted by Gasteiger charge is 2.19. The van der Waals surface area contributed by atoms with Gasteiger partial charge in [0.05, 0.1) is 0 Å². The highest BCUT2D eigenvalue weighted by Crippen LogP contribution is 2.32. The minimum Gasteiger partial charge on any atom is -0.398 e. The molecule has 0 bridgehead atoms. The molecule has 2 N–H and O–H groups in total. The first-order valence-electron chi connectivity index (χ1n) is 7.45. The molecular weight excluding hydrogens is 220 g/mol. The van der Waals surface area contributed by atoms with E-state index in [0.29, 0.717) is 0 Å². The van der Waals surface area contributed by atoms with Crippen LogP contribution < -0.4 is 10.6 Å². The lowest BCUT2D eigenvalue weighted by Crippen LogP contribution is -2.21. The Morgan fingerprint density at radius 2 is 1.89 bits per heavy atom. The zero-order valence-electron chi connectivity index (χ0n) is 11.6. The molecule has 2 nitrogen and oxygen atoms in total. The predicted octanol–water partition coefficient (Wildman–Crippen LogP) is 3.99. The first-order chi connectivity index (χ1) is 8.83. The third kappa shape index (κ3) is 3.18. The first-order valence-corrected chi connectivity index (χ1v) is 7.45. The Bertz CT molecular complexity index is 373. The van der Waals surface area contributed by atoms with Crippen molar-refractivity contribution in [3.63, 3.8) is 0 Å². The van der Waals surface area contributed by atoms with E-state index in [-0.39, 0.29) is 0 Å². The van der Waals surface area contributed by atoms with E-state index in [4.69, 9.17) is 5.73 Å². The van der Waals surface area contributed by atoms with Crippen LogP contribution in [-0.4, -0.2) is 13.1 Å². The molecule has 18 heavy (non-hydrogen) atoms. The summed E-state index contributed by atoms with van der Waals surface area (Å²) in [6.45, 7) is 4.62. The minimum absolute atomic E-state index is 0.970. The second-order valence-electron chi connectivity index (χ2n) is 5.35. The molecule has 2 rings (SSSR count). The van der Waals surface area contributed by atoms with E-state index in [1.165, 1.54) is 56.3 Å². The zero-order chi connectivity index (χ0) is 12.8. The van der Waals surface area contributed by atoms with Crippen molar-refractivity contribution < 1.29 is 0 Å². The summed E-state index contributed by atoms with van der Waals surface area (Å²) in [4.78, 5) is 2.51. The van der Waals surface area contributed by atoms with Crippen molar-refractivity contribution in [2.75, 3.05) is 23.7 Å². The number of rotatable bonds is 7. The third-order valence-electron chi connectivity index (χ3n) is 3.94. The van der Waals surface area contributed by atoms with Crippen LogP contribution in [0.2, 0.25) is 0 Å². The van der Waals surface area contributed by atoms with Gasteiger partial charge in [-0.25, -0.2) is 0 Å². The molecule has 0 amide bonds. The Hall–Kier alpha value is -1.18. The average molecular weight is 246 g/mol. The third-order valence-corrected chi connectivity index (χ3v) is 3.94. The Morgan fingerprint density at radius 3 is 2.72 bits per heavy atom. The minimum atomic E-state index is 0.970. The number of fused-ring (bicyclic) bond motifs is 1. The molecule has 1 aromatic rings. The van der Waals surface area contributed by atoms with Crippen molar-refractivity contribution >= 4 is 11.4 Å². The van der Waals surface area contributed by atoms with E-state index in [9.17, 15) is 0 Å². The van der Waals surface area contributed by atoms with Gasteiger partial charge in [-0.15, -0.1) is 0 Å². The summed E-state index contributed by atoms with van der Waals surface area (Å²) in [6.07, 6.45) is 9.33. The fourth-order valence-corrected chi connectivity index (χ4v) is 2.84. The van der Waals surface area contributed by atoms with E-state index in [1.807, 2.05) is 6.07 Å². The van der Waals surface area contributed by atoms with Gasteiger partial charge in [0.25, 0.3) is 0 Å². The predicted molar refractivity (Wildman–Crippen MR) is 80.1 cm³/mol. The molecule has 0 saturated heterocycles. The quantitative estimate of drug-likeness (QED) is 0.582. The monoisotopic (exact) mass is 246 g/mol. The fourth-order valence-electron chi connectivity index (χ4n) is 2.84. The van der Waals surface area contributed by atoms with Crippen LogP contribution in [0.1, 0.15) is 51.0 Å². The number of benzene rings is 1. The fraction of sp³-hybridized carbons (Fsp3) is 0.625. The SMILES string of the molecule is CCCCCCCCN1CCc2c(N)cccc21. The number of nitrogen functional groups attached to an aromatic ring is 1. The Balaban J connectivity index is 1.75. The van der Waals surface area contributed by atoms with Gasteiger partial charge in [0, 0.05) is 30.0 Å². The highest BCUT2D eigenvalue weighted by molar-refractivity contribution is 5.68. The zero-order valence-corrected chi connectivity index (χ0v) is 11.6. The Labute approximate surface area is 111 Å². The maximum absolute atomic E-state index is 6.02. The van der Waals surface area contributed by atoms with E-state index >= 15 is 0 Å². The largest absolute Gasteiger partial charge is 0.398 e. The van der Waals surface area contributed by atoms with E-state index in [0.717, 1.165) is 18.7 Å². The van der Waals surface area contributed by atoms with E-state index in [1.54, 1.807) is 0 Å². The second-order valence-corrected chi connectivity index (χ2v) is 5.35. The van der Waals surface area contributed by atoms with Gasteiger partial charge in [-0.3, -0.25) is 0 Å². The number of nitrogens with zero attached hydrogens (tertiary/aromatic N) is 1. The van der Waals surface area contributed by atoms with Gasteiger partial charge in [-0.1, -0.05) is 45.1 Å². The summed E-state index contributed by atoms with van der Waals surface area (Å²) < 4.78 is 0. The molecule has 0 saturated carbocycles. The summed E-state index contributed by atoms with van der Waals surface area (Å²) in [5.41, 5.74) is 9.73. The van der Waals surface area contributed by atoms with Crippen molar-refractivity contribution in [3.05, 3.63) is 23.8 Å². The van der Waals surface area contributed by atoms with Crippen LogP contribution in [0, 0.1) is 0 Å². The number of anilines is 2. The van der Waals surface area contributed by atoms with Gasteiger partial charge < -0.3 is 10.6 Å². The summed E-state index contributed by atoms with van der Waals surface area (Å²) in [5.74, 6) is 0. The van der Waals surface area contributed by atoms with E-state index < -0.39 is 0 Å². The molecule has 1 aliphatic rings. The van der Waals surface area contributed by atoms with Crippen molar-refractivity contribution in [2.45, 2.75) is 51.9 Å². The smallest absolute Gasteiger partial charge is 0.0420 e. The topological polar surface area (TPSA) is 29.3 Å². The summed E-state index contributed by atoms with van der Waals surface area (Å²) in [6, 6.07) is 6.32. The van der Waals surface area contributed by atoms with Gasteiger partial charge in [0.15, 0.2) is 0 Å². The molecule has 0 fully saturated rings. The number of unbranched alkanes of at least 4 members (excludes halogenated alkanes) is 5. The van der Waals surface area contributed by atoms with Crippen molar-refractivity contribution in [2.24, 2.45) is 0 Å². The number of hydrogen-bond donors (Lipinski definition) is 1. The molecule has 0 atom stereocenters. The normalized spacial score (nSPS) is 13.9. The van der Waals surface area contributed by atoms with Crippen LogP contribution in [0.15, 0.2) is 18.2 Å². The van der Waals surface area contributed by atoms with E-state index in [2.05, 4.69) is 24.0 Å². The van der Waals surface area contributed by atoms with Gasteiger partial charge in [0.1, 0.15) is 0 Å². The molecule has 1 heterocycles. The lowest BCUT2D eigenvalue weighted by molar-refractivity contribution is 0.602. The Morgan fingerprint density at radius 1 is 1.11 bits per heavy atom. The summed E-state index contributed by atoms with van der Waals surface area (Å²) >= 11 is 0. The lowest BCUT2D eigenvalue weighted by Gasteiger charge is -2.19. The molecule has 0 aliphatic carbocycles. The van der Waals surface area contributed by atoms with Gasteiger partial charge in [-0.05, 0) is 25.0 Å². The number of hydrogen-bond acceptors (Lipinski definition) is 2. The molecule has 1 aliphatic heterocycles. The van der Waals surface area contributed by atoms with Gasteiger partial charge >= 0.3 is 0 Å². The molecule has 0 radical (unpaired) electrons. The average Bonchev–Trinajstić information content (AvgIpc) is 2.79. The van der Waals surface area contributed by atoms with Crippen molar-refractivity contribution in [3.8, 4) is 0 Å².